The van der Waals surface area contributed by atoms with Crippen LogP contribution in [0.4, 0.5) is 5.69 Å². The molecule has 16 heavy (non-hydrogen) atoms. The van der Waals surface area contributed by atoms with Gasteiger partial charge in [0.25, 0.3) is 0 Å². The molecule has 1 aromatic rings. The van der Waals surface area contributed by atoms with E-state index in [4.69, 9.17) is 16.2 Å². The van der Waals surface area contributed by atoms with Crippen molar-refractivity contribution in [2.75, 3.05) is 19.4 Å². The number of carbonyl (C=O) groups excluding carboxylic acids is 1. The van der Waals surface area contributed by atoms with E-state index in [1.165, 1.54) is 7.11 Å². The summed E-state index contributed by atoms with van der Waals surface area (Å²) in [5.41, 5.74) is 12.3. The molecule has 0 fully saturated rings. The van der Waals surface area contributed by atoms with Crippen molar-refractivity contribution in [2.24, 2.45) is 11.1 Å². The maximum atomic E-state index is 11.6. The van der Waals surface area contributed by atoms with E-state index >= 15 is 0 Å². The number of hydrogen-bond acceptors (Lipinski definition) is 4. The molecule has 0 saturated heterocycles. The molecule has 0 heterocycles. The van der Waals surface area contributed by atoms with E-state index in [0.29, 0.717) is 12.1 Å². The van der Waals surface area contributed by atoms with Crippen molar-refractivity contribution >= 4 is 11.7 Å². The van der Waals surface area contributed by atoms with Crippen molar-refractivity contribution in [3.63, 3.8) is 0 Å². The van der Waals surface area contributed by atoms with Gasteiger partial charge in [0.15, 0.2) is 0 Å². The molecule has 0 bridgehead atoms. The van der Waals surface area contributed by atoms with Gasteiger partial charge in [0.2, 0.25) is 0 Å². The fraction of sp³-hybridized carbons (Fsp3) is 0.417. The molecule has 0 radical (unpaired) electrons. The van der Waals surface area contributed by atoms with Crippen LogP contribution in [0.1, 0.15) is 12.5 Å². The summed E-state index contributed by atoms with van der Waals surface area (Å²) in [5.74, 6) is -0.294. The summed E-state index contributed by atoms with van der Waals surface area (Å²) in [6, 6.07) is 7.43. The maximum absolute atomic E-state index is 11.6. The average molecular weight is 222 g/mol. The first-order chi connectivity index (χ1) is 7.51. The van der Waals surface area contributed by atoms with Gasteiger partial charge < -0.3 is 16.2 Å². The Bertz CT molecular complexity index is 379. The Balaban J connectivity index is 2.89. The summed E-state index contributed by atoms with van der Waals surface area (Å²) in [6.45, 7) is 2.04. The van der Waals surface area contributed by atoms with Gasteiger partial charge in [0, 0.05) is 12.2 Å². The Hall–Kier alpha value is -1.55. The smallest absolute Gasteiger partial charge is 0.313 e. The average Bonchev–Trinajstić information content (AvgIpc) is 2.27. The molecule has 0 spiro atoms. The van der Waals surface area contributed by atoms with E-state index in [9.17, 15) is 4.79 Å². The van der Waals surface area contributed by atoms with Crippen molar-refractivity contribution in [3.05, 3.63) is 29.8 Å². The Kier molecular flexibility index (Phi) is 3.90. The maximum Gasteiger partial charge on any atom is 0.313 e. The highest BCUT2D eigenvalue weighted by Crippen LogP contribution is 2.23. The van der Waals surface area contributed by atoms with E-state index in [2.05, 4.69) is 0 Å². The third-order valence-electron chi connectivity index (χ3n) is 2.67. The van der Waals surface area contributed by atoms with Crippen LogP contribution in [-0.2, 0) is 16.0 Å². The lowest BCUT2D eigenvalue weighted by atomic mass is 9.83. The molecule has 4 nitrogen and oxygen atoms in total. The number of carbonyl (C=O) groups is 1. The Labute approximate surface area is 95.6 Å². The molecule has 1 aromatic carbocycles. The molecule has 88 valence electrons. The summed E-state index contributed by atoms with van der Waals surface area (Å²) in [5, 5.41) is 0. The minimum Gasteiger partial charge on any atom is -0.469 e. The first kappa shape index (κ1) is 12.5. The van der Waals surface area contributed by atoms with Crippen LogP contribution in [-0.4, -0.2) is 19.6 Å². The largest absolute Gasteiger partial charge is 0.469 e. The lowest BCUT2D eigenvalue weighted by Gasteiger charge is -2.24. The number of ether oxygens (including phenoxy) is 1. The molecular weight excluding hydrogens is 204 g/mol. The van der Waals surface area contributed by atoms with Gasteiger partial charge in [0.05, 0.1) is 12.5 Å². The van der Waals surface area contributed by atoms with E-state index in [1.807, 2.05) is 18.2 Å². The van der Waals surface area contributed by atoms with E-state index in [1.54, 1.807) is 13.0 Å². The molecule has 0 aliphatic rings. The summed E-state index contributed by atoms with van der Waals surface area (Å²) in [4.78, 5) is 11.6. The van der Waals surface area contributed by atoms with Crippen LogP contribution in [0.15, 0.2) is 24.3 Å². The van der Waals surface area contributed by atoms with Gasteiger partial charge in [-0.05, 0) is 31.0 Å². The van der Waals surface area contributed by atoms with E-state index in [-0.39, 0.29) is 12.5 Å². The Morgan fingerprint density at radius 1 is 1.50 bits per heavy atom. The molecule has 1 unspecified atom stereocenters. The minimum atomic E-state index is -0.692. The van der Waals surface area contributed by atoms with Gasteiger partial charge in [-0.15, -0.1) is 0 Å². The molecule has 4 N–H and O–H groups in total. The number of benzene rings is 1. The van der Waals surface area contributed by atoms with Crippen molar-refractivity contribution < 1.29 is 9.53 Å². The summed E-state index contributed by atoms with van der Waals surface area (Å²) in [7, 11) is 1.37. The standard InChI is InChI=1S/C12H18N2O2/c1-12(8-13,11(15)16-2)7-9-4-3-5-10(14)6-9/h3-6H,7-8,13-14H2,1-2H3. The molecular formula is C12H18N2O2. The second-order valence-corrected chi connectivity index (χ2v) is 4.18. The third-order valence-corrected chi connectivity index (χ3v) is 2.67. The van der Waals surface area contributed by atoms with Gasteiger partial charge >= 0.3 is 5.97 Å². The van der Waals surface area contributed by atoms with Crippen LogP contribution < -0.4 is 11.5 Å². The fourth-order valence-corrected chi connectivity index (χ4v) is 1.63. The molecule has 4 heteroatoms. The Morgan fingerprint density at radius 3 is 2.69 bits per heavy atom. The lowest BCUT2D eigenvalue weighted by molar-refractivity contribution is -0.151. The van der Waals surface area contributed by atoms with Gasteiger partial charge in [0.1, 0.15) is 0 Å². The van der Waals surface area contributed by atoms with Crippen LogP contribution in [0, 0.1) is 5.41 Å². The highest BCUT2D eigenvalue weighted by atomic mass is 16.5. The molecule has 0 amide bonds. The van der Waals surface area contributed by atoms with Crippen LogP contribution in [0.5, 0.6) is 0 Å². The number of hydrogen-bond donors (Lipinski definition) is 2. The van der Waals surface area contributed by atoms with Crippen molar-refractivity contribution in [1.82, 2.24) is 0 Å². The summed E-state index contributed by atoms with van der Waals surface area (Å²) >= 11 is 0. The van der Waals surface area contributed by atoms with Crippen LogP contribution >= 0.6 is 0 Å². The lowest BCUT2D eigenvalue weighted by Crippen LogP contribution is -2.38. The third kappa shape index (κ3) is 2.73. The predicted octanol–water partition coefficient (Wildman–Crippen LogP) is 0.949. The zero-order valence-electron chi connectivity index (χ0n) is 9.69. The highest BCUT2D eigenvalue weighted by Gasteiger charge is 2.33. The van der Waals surface area contributed by atoms with Crippen LogP contribution in [0.2, 0.25) is 0 Å². The highest BCUT2D eigenvalue weighted by molar-refractivity contribution is 5.77. The molecule has 0 aliphatic carbocycles. The zero-order valence-corrected chi connectivity index (χ0v) is 9.69. The van der Waals surface area contributed by atoms with Crippen LogP contribution in [0.25, 0.3) is 0 Å². The molecule has 1 atom stereocenters. The Morgan fingerprint density at radius 2 is 2.19 bits per heavy atom. The van der Waals surface area contributed by atoms with Crippen LogP contribution in [0.3, 0.4) is 0 Å². The molecule has 0 saturated carbocycles. The second-order valence-electron chi connectivity index (χ2n) is 4.18. The number of rotatable bonds is 4. The first-order valence-corrected chi connectivity index (χ1v) is 5.15. The SMILES string of the molecule is COC(=O)C(C)(CN)Cc1cccc(N)c1. The molecule has 1 rings (SSSR count). The quantitative estimate of drug-likeness (QED) is 0.587. The monoisotopic (exact) mass is 222 g/mol. The van der Waals surface area contributed by atoms with Gasteiger partial charge in [-0.2, -0.15) is 0 Å². The second kappa shape index (κ2) is 4.99. The predicted molar refractivity (Wildman–Crippen MR) is 63.7 cm³/mol. The number of anilines is 1. The minimum absolute atomic E-state index is 0.245. The number of esters is 1. The van der Waals surface area contributed by atoms with E-state index < -0.39 is 5.41 Å². The topological polar surface area (TPSA) is 78.3 Å². The van der Waals surface area contributed by atoms with Gasteiger partial charge in [-0.25, -0.2) is 0 Å². The molecule has 0 aromatic heterocycles. The zero-order chi connectivity index (χ0) is 12.2. The fourth-order valence-electron chi connectivity index (χ4n) is 1.63. The van der Waals surface area contributed by atoms with E-state index in [0.717, 1.165) is 5.56 Å². The van der Waals surface area contributed by atoms with Gasteiger partial charge in [-0.1, -0.05) is 12.1 Å². The normalized spacial score (nSPS) is 14.2. The number of nitrogen functional groups attached to an aromatic ring is 1. The summed E-state index contributed by atoms with van der Waals surface area (Å²) < 4.78 is 4.76. The van der Waals surface area contributed by atoms with Crippen molar-refractivity contribution in [3.8, 4) is 0 Å². The van der Waals surface area contributed by atoms with Gasteiger partial charge in [-0.3, -0.25) is 4.79 Å². The van der Waals surface area contributed by atoms with Crippen molar-refractivity contribution in [2.45, 2.75) is 13.3 Å². The summed E-state index contributed by atoms with van der Waals surface area (Å²) in [6.07, 6.45) is 0.529. The number of methoxy groups -OCH3 is 1. The number of nitrogens with two attached hydrogens (primary N) is 2. The molecule has 0 aliphatic heterocycles. The van der Waals surface area contributed by atoms with Crippen molar-refractivity contribution in [1.29, 1.82) is 0 Å². The first-order valence-electron chi connectivity index (χ1n) is 5.15.